The van der Waals surface area contributed by atoms with Crippen molar-refractivity contribution in [2.24, 2.45) is 16.3 Å². The number of nitrogens with one attached hydrogen (secondary N) is 3. The Kier molecular flexibility index (Phi) is 6.15. The molecule has 0 aromatic heterocycles. The molecule has 170 valence electrons. The number of anilines is 1. The third-order valence-corrected chi connectivity index (χ3v) is 6.86. The van der Waals surface area contributed by atoms with Crippen molar-refractivity contribution in [3.8, 4) is 0 Å². The predicted octanol–water partition coefficient (Wildman–Crippen LogP) is 3.70. The average molecular weight is 429 g/mol. The lowest BCUT2D eigenvalue weighted by Gasteiger charge is -2.63. The minimum Gasteiger partial charge on any atom is -0.444 e. The number of fused-ring (bicyclic) bond motifs is 2. The molecular weight excluding hydrogens is 392 g/mol. The number of benzene rings is 1. The molecule has 0 bridgehead atoms. The highest BCUT2D eigenvalue weighted by molar-refractivity contribution is 5.84. The van der Waals surface area contributed by atoms with Crippen molar-refractivity contribution in [2.45, 2.75) is 70.6 Å². The maximum atomic E-state index is 11.9. The van der Waals surface area contributed by atoms with Crippen LogP contribution in [0.4, 0.5) is 10.5 Å². The van der Waals surface area contributed by atoms with Crippen molar-refractivity contribution in [1.82, 2.24) is 10.6 Å². The number of nitrogens with zero attached hydrogens (tertiary/aromatic N) is 1. The number of hydrogen-bond acceptors (Lipinski definition) is 4. The van der Waals surface area contributed by atoms with Gasteiger partial charge in [-0.1, -0.05) is 18.6 Å². The fourth-order valence-electron chi connectivity index (χ4n) is 5.30. The molecule has 7 nitrogen and oxygen atoms in total. The molecule has 1 aromatic rings. The van der Waals surface area contributed by atoms with E-state index < -0.39 is 11.7 Å². The van der Waals surface area contributed by atoms with E-state index in [0.29, 0.717) is 23.5 Å². The summed E-state index contributed by atoms with van der Waals surface area (Å²) in [5.41, 5.74) is 1.76. The molecule has 1 heterocycles. The van der Waals surface area contributed by atoms with E-state index in [1.807, 2.05) is 52.1 Å². The van der Waals surface area contributed by atoms with Crippen LogP contribution >= 0.6 is 0 Å². The van der Waals surface area contributed by atoms with Crippen LogP contribution in [0.5, 0.6) is 0 Å². The number of amides is 1. The second-order valence-electron chi connectivity index (χ2n) is 10.0. The zero-order valence-electron chi connectivity index (χ0n) is 19.2. The Hall–Kier alpha value is -2.28. The van der Waals surface area contributed by atoms with Gasteiger partial charge in [-0.15, -0.1) is 0 Å². The van der Waals surface area contributed by atoms with Gasteiger partial charge in [0, 0.05) is 43.3 Å². The van der Waals surface area contributed by atoms with Gasteiger partial charge in [-0.2, -0.15) is 0 Å². The first kappa shape index (κ1) is 21.9. The third kappa shape index (κ3) is 4.66. The molecule has 1 amide bonds. The summed E-state index contributed by atoms with van der Waals surface area (Å²) in [7, 11) is 1.83. The van der Waals surface area contributed by atoms with E-state index in [9.17, 15) is 4.79 Å². The van der Waals surface area contributed by atoms with E-state index in [1.54, 1.807) is 0 Å². The maximum absolute atomic E-state index is 11.9. The van der Waals surface area contributed by atoms with E-state index in [0.717, 1.165) is 37.6 Å². The second-order valence-corrected chi connectivity index (χ2v) is 10.0. The van der Waals surface area contributed by atoms with Crippen molar-refractivity contribution in [2.75, 3.05) is 25.5 Å². The lowest BCUT2D eigenvalue weighted by atomic mass is 9.46. The highest BCUT2D eigenvalue weighted by atomic mass is 16.6. The number of aliphatic imine (C=N–C) groups is 1. The van der Waals surface area contributed by atoms with Crippen LogP contribution in [-0.4, -0.2) is 50.0 Å². The van der Waals surface area contributed by atoms with Gasteiger partial charge in [0.05, 0.1) is 6.10 Å². The van der Waals surface area contributed by atoms with E-state index in [4.69, 9.17) is 9.47 Å². The second kappa shape index (κ2) is 8.69. The Balaban J connectivity index is 1.23. The van der Waals surface area contributed by atoms with Crippen LogP contribution < -0.4 is 16.0 Å². The van der Waals surface area contributed by atoms with Crippen LogP contribution in [0.15, 0.2) is 29.3 Å². The number of guanidine groups is 1. The standard InChI is InChI=1S/C24H36N4O3/c1-23(2,3)31-22(29)27-17-8-6-16(7-9-17)10-14-26-21(25-4)28-19-18-11-15-30-20(18)24(19)12-5-13-24/h6-9,18-20H,5,10-15H2,1-4H3,(H,27,29)(H2,25,26,28). The SMILES string of the molecule is CN=C(NCCc1ccc(NC(=O)OC(C)(C)C)cc1)NC1C2CCOC2C12CCC2. The number of ether oxygens (including phenoxy) is 2. The summed E-state index contributed by atoms with van der Waals surface area (Å²) >= 11 is 0. The fourth-order valence-corrected chi connectivity index (χ4v) is 5.30. The maximum Gasteiger partial charge on any atom is 0.412 e. The van der Waals surface area contributed by atoms with Crippen molar-refractivity contribution in [3.63, 3.8) is 0 Å². The molecule has 1 saturated heterocycles. The summed E-state index contributed by atoms with van der Waals surface area (Å²) in [5, 5.41) is 9.93. The van der Waals surface area contributed by atoms with Gasteiger partial charge < -0.3 is 20.1 Å². The monoisotopic (exact) mass is 428 g/mol. The van der Waals surface area contributed by atoms with E-state index >= 15 is 0 Å². The first-order valence-corrected chi connectivity index (χ1v) is 11.5. The zero-order chi connectivity index (χ0) is 22.1. The summed E-state index contributed by atoms with van der Waals surface area (Å²) in [5.74, 6) is 1.51. The Morgan fingerprint density at radius 2 is 2.00 bits per heavy atom. The Bertz CT molecular complexity index is 811. The molecule has 2 saturated carbocycles. The molecule has 0 radical (unpaired) electrons. The topological polar surface area (TPSA) is 84.0 Å². The minimum absolute atomic E-state index is 0.343. The van der Waals surface area contributed by atoms with Gasteiger partial charge in [0.1, 0.15) is 5.60 Å². The summed E-state index contributed by atoms with van der Waals surface area (Å²) < 4.78 is 11.3. The predicted molar refractivity (Wildman–Crippen MR) is 122 cm³/mol. The highest BCUT2D eigenvalue weighted by Crippen LogP contribution is 2.62. The quantitative estimate of drug-likeness (QED) is 0.492. The molecule has 1 aliphatic heterocycles. The van der Waals surface area contributed by atoms with Gasteiger partial charge in [-0.3, -0.25) is 10.3 Å². The Labute approximate surface area is 185 Å². The fraction of sp³-hybridized carbons (Fsp3) is 0.667. The minimum atomic E-state index is -0.508. The van der Waals surface area contributed by atoms with Gasteiger partial charge in [0.2, 0.25) is 0 Å². The molecule has 3 atom stereocenters. The Morgan fingerprint density at radius 1 is 1.26 bits per heavy atom. The average Bonchev–Trinajstić information content (AvgIpc) is 3.08. The van der Waals surface area contributed by atoms with Crippen LogP contribution in [0, 0.1) is 11.3 Å². The summed E-state index contributed by atoms with van der Waals surface area (Å²) in [6.07, 6.45) is 5.91. The van der Waals surface area contributed by atoms with Crippen LogP contribution in [0.1, 0.15) is 52.0 Å². The van der Waals surface area contributed by atoms with Gasteiger partial charge in [0.25, 0.3) is 0 Å². The van der Waals surface area contributed by atoms with E-state index in [2.05, 4.69) is 20.9 Å². The van der Waals surface area contributed by atoms with Gasteiger partial charge in [-0.05, 0) is 64.2 Å². The van der Waals surface area contributed by atoms with Gasteiger partial charge in [-0.25, -0.2) is 4.79 Å². The molecule has 2 aliphatic carbocycles. The van der Waals surface area contributed by atoms with Gasteiger partial charge in [0.15, 0.2) is 5.96 Å². The molecule has 7 heteroatoms. The van der Waals surface area contributed by atoms with Crippen molar-refractivity contribution in [1.29, 1.82) is 0 Å². The molecule has 3 N–H and O–H groups in total. The van der Waals surface area contributed by atoms with Crippen molar-refractivity contribution < 1.29 is 14.3 Å². The number of carbonyl (C=O) groups is 1. The number of hydrogen-bond donors (Lipinski definition) is 3. The summed E-state index contributed by atoms with van der Waals surface area (Å²) in [6.45, 7) is 7.25. The van der Waals surface area contributed by atoms with Crippen LogP contribution in [0.2, 0.25) is 0 Å². The van der Waals surface area contributed by atoms with E-state index in [-0.39, 0.29) is 0 Å². The summed E-state index contributed by atoms with van der Waals surface area (Å²) in [4.78, 5) is 16.3. The van der Waals surface area contributed by atoms with Crippen molar-refractivity contribution >= 4 is 17.7 Å². The molecule has 1 spiro atoms. The lowest BCUT2D eigenvalue weighted by molar-refractivity contribution is -0.171. The molecule has 3 fully saturated rings. The van der Waals surface area contributed by atoms with Crippen molar-refractivity contribution in [3.05, 3.63) is 29.8 Å². The zero-order valence-corrected chi connectivity index (χ0v) is 19.2. The first-order valence-electron chi connectivity index (χ1n) is 11.5. The Morgan fingerprint density at radius 3 is 2.61 bits per heavy atom. The van der Waals surface area contributed by atoms with E-state index in [1.165, 1.54) is 24.8 Å². The number of rotatable bonds is 5. The number of carbonyl (C=O) groups excluding carboxylic acids is 1. The smallest absolute Gasteiger partial charge is 0.412 e. The summed E-state index contributed by atoms with van der Waals surface area (Å²) in [6, 6.07) is 8.35. The largest absolute Gasteiger partial charge is 0.444 e. The van der Waals surface area contributed by atoms with Crippen LogP contribution in [0.3, 0.4) is 0 Å². The molecule has 3 unspecified atom stereocenters. The molecule has 4 rings (SSSR count). The highest BCUT2D eigenvalue weighted by Gasteiger charge is 2.66. The molecule has 31 heavy (non-hydrogen) atoms. The van der Waals surface area contributed by atoms with Crippen LogP contribution in [-0.2, 0) is 15.9 Å². The lowest BCUT2D eigenvalue weighted by Crippen LogP contribution is -2.72. The van der Waals surface area contributed by atoms with Gasteiger partial charge >= 0.3 is 6.09 Å². The first-order chi connectivity index (χ1) is 14.8. The molecule has 1 aromatic carbocycles. The van der Waals surface area contributed by atoms with Crippen LogP contribution in [0.25, 0.3) is 0 Å². The third-order valence-electron chi connectivity index (χ3n) is 6.86. The molecule has 3 aliphatic rings. The normalized spacial score (nSPS) is 26.5. The molecular formula is C24H36N4O3.